The second kappa shape index (κ2) is 6.03. The number of hydrogen-bond donors (Lipinski definition) is 0. The van der Waals surface area contributed by atoms with Crippen LogP contribution in [0, 0.1) is 6.92 Å². The van der Waals surface area contributed by atoms with Crippen molar-refractivity contribution in [2.24, 2.45) is 0 Å². The second-order valence-corrected chi connectivity index (χ2v) is 2.07. The summed E-state index contributed by atoms with van der Waals surface area (Å²) in [5, 5.41) is 0.748. The molecule has 0 aromatic heterocycles. The molecule has 10 heavy (non-hydrogen) atoms. The summed E-state index contributed by atoms with van der Waals surface area (Å²) in [5.41, 5.74) is 0.956. The van der Waals surface area contributed by atoms with Crippen LogP contribution < -0.4 is 0 Å². The summed E-state index contributed by atoms with van der Waals surface area (Å²) in [4.78, 5) is 0. The minimum Gasteiger partial charge on any atom is -0.199 e. The molecule has 0 aliphatic rings. The van der Waals surface area contributed by atoms with E-state index in [1.165, 1.54) is 0 Å². The summed E-state index contributed by atoms with van der Waals surface area (Å²) >= 11 is 5.60. The Bertz CT molecular complexity index is 171. The van der Waals surface area contributed by atoms with Crippen LogP contribution in [0.4, 0.5) is 0 Å². The summed E-state index contributed by atoms with van der Waals surface area (Å²) in [6.45, 7) is 3.70. The van der Waals surface area contributed by atoms with Gasteiger partial charge in [-0.3, -0.25) is 0 Å². The fourth-order valence-corrected chi connectivity index (χ4v) is 0.750. The first-order valence-corrected chi connectivity index (χ1v) is 2.74. The molecule has 0 spiro atoms. The van der Waals surface area contributed by atoms with Gasteiger partial charge in [-0.05, 0) is 5.02 Å². The third kappa shape index (κ3) is 4.16. The molecule has 0 atom stereocenters. The molecule has 0 nitrogen and oxygen atoms in total. The van der Waals surface area contributed by atoms with Crippen LogP contribution in [0.3, 0.4) is 0 Å². The van der Waals surface area contributed by atoms with Crippen LogP contribution in [0.5, 0.6) is 0 Å². The molecule has 1 aromatic rings. The Balaban J connectivity index is 0. The van der Waals surface area contributed by atoms with Crippen LogP contribution in [0.2, 0.25) is 5.02 Å². The van der Waals surface area contributed by atoms with Gasteiger partial charge in [-0.15, -0.1) is 24.5 Å². The Labute approximate surface area is 85.1 Å². The van der Waals surface area contributed by atoms with Gasteiger partial charge in [0.2, 0.25) is 0 Å². The first-order valence-electron chi connectivity index (χ1n) is 2.36. The smallest absolute Gasteiger partial charge is 0 e. The Morgan fingerprint density at radius 1 is 1.30 bits per heavy atom. The summed E-state index contributed by atoms with van der Waals surface area (Å²) in [6, 6.07) is 7.44. The minimum absolute atomic E-state index is 0. The van der Waals surface area contributed by atoms with E-state index in [9.17, 15) is 0 Å². The van der Waals surface area contributed by atoms with Crippen LogP contribution in [0.15, 0.2) is 24.3 Å². The molecule has 0 unspecified atom stereocenters. The largest absolute Gasteiger partial charge is 0.199 e. The fourth-order valence-electron chi connectivity index (χ4n) is 0.537. The molecule has 0 bridgehead atoms. The first-order chi connectivity index (χ1) is 3.79. The predicted octanol–water partition coefficient (Wildman–Crippen LogP) is 2.94. The van der Waals surface area contributed by atoms with E-state index < -0.39 is 0 Å². The molecule has 0 radical (unpaired) electrons. The Kier molecular flexibility index (Phi) is 7.80. The maximum absolute atomic E-state index is 5.60. The summed E-state index contributed by atoms with van der Waals surface area (Å²) in [6.07, 6.45) is 0. The molecule has 3 heteroatoms. The van der Waals surface area contributed by atoms with E-state index in [2.05, 4.69) is 6.92 Å². The van der Waals surface area contributed by atoms with Crippen molar-refractivity contribution in [2.45, 2.75) is 0 Å². The second-order valence-electron chi connectivity index (χ2n) is 1.63. The van der Waals surface area contributed by atoms with Crippen molar-refractivity contribution in [1.29, 1.82) is 0 Å². The van der Waals surface area contributed by atoms with Crippen molar-refractivity contribution in [3.05, 3.63) is 41.8 Å². The first kappa shape index (κ1) is 12.9. The van der Waals surface area contributed by atoms with Crippen LogP contribution in [0.1, 0.15) is 5.56 Å². The summed E-state index contributed by atoms with van der Waals surface area (Å²) < 4.78 is 0. The van der Waals surface area contributed by atoms with E-state index in [1.807, 2.05) is 24.3 Å². The summed E-state index contributed by atoms with van der Waals surface area (Å²) in [5.74, 6) is 0. The summed E-state index contributed by atoms with van der Waals surface area (Å²) in [7, 11) is 0. The molecule has 1 rings (SSSR count). The van der Waals surface area contributed by atoms with E-state index in [0.29, 0.717) is 0 Å². The zero-order valence-electron chi connectivity index (χ0n) is 5.51. The fraction of sp³-hybridized carbons (Fsp3) is 0. The molecule has 1 aromatic carbocycles. The molecule has 0 amide bonds. The van der Waals surface area contributed by atoms with Gasteiger partial charge >= 0.3 is 0 Å². The maximum Gasteiger partial charge on any atom is 0 e. The zero-order chi connectivity index (χ0) is 5.98. The molecule has 0 saturated carbocycles. The van der Waals surface area contributed by atoms with E-state index in [-0.39, 0.29) is 31.9 Å². The average molecular weight is 227 g/mol. The van der Waals surface area contributed by atoms with Crippen molar-refractivity contribution in [1.82, 2.24) is 0 Å². The SMILES string of the molecule is Cl.[CH2-]c1cccc(Cl)c1.[Zn]. The average Bonchev–Trinajstić information content (AvgIpc) is 1.64. The molecule has 0 aliphatic heterocycles. The monoisotopic (exact) mass is 225 g/mol. The Morgan fingerprint density at radius 2 is 1.90 bits per heavy atom. The van der Waals surface area contributed by atoms with E-state index in [0.717, 1.165) is 10.6 Å². The van der Waals surface area contributed by atoms with Crippen LogP contribution in [-0.4, -0.2) is 0 Å². The van der Waals surface area contributed by atoms with Crippen molar-refractivity contribution in [3.63, 3.8) is 0 Å². The van der Waals surface area contributed by atoms with Crippen LogP contribution in [0.25, 0.3) is 0 Å². The molecule has 0 heterocycles. The van der Waals surface area contributed by atoms with E-state index in [4.69, 9.17) is 11.6 Å². The molecule has 0 fully saturated rings. The number of rotatable bonds is 0. The van der Waals surface area contributed by atoms with Crippen molar-refractivity contribution in [2.75, 3.05) is 0 Å². The van der Waals surface area contributed by atoms with Crippen molar-refractivity contribution >= 4 is 24.0 Å². The number of benzene rings is 1. The van der Waals surface area contributed by atoms with Gasteiger partial charge in [-0.2, -0.15) is 18.6 Å². The number of halogens is 2. The topological polar surface area (TPSA) is 0 Å². The van der Waals surface area contributed by atoms with Gasteiger partial charge in [0.1, 0.15) is 0 Å². The quantitative estimate of drug-likeness (QED) is 0.472. The van der Waals surface area contributed by atoms with Crippen LogP contribution in [-0.2, 0) is 19.5 Å². The van der Waals surface area contributed by atoms with Crippen molar-refractivity contribution in [3.8, 4) is 0 Å². The Hall–Kier alpha value is 0.293. The zero-order valence-corrected chi connectivity index (χ0v) is 10.0. The molecule has 0 saturated heterocycles. The van der Waals surface area contributed by atoms with Gasteiger partial charge < -0.3 is 0 Å². The maximum atomic E-state index is 5.60. The van der Waals surface area contributed by atoms with E-state index in [1.54, 1.807) is 0 Å². The van der Waals surface area contributed by atoms with Crippen molar-refractivity contribution < 1.29 is 19.5 Å². The predicted molar refractivity (Wildman–Crippen MR) is 43.2 cm³/mol. The normalized spacial score (nSPS) is 7.30. The molecular weight excluding hydrogens is 220 g/mol. The van der Waals surface area contributed by atoms with Gasteiger partial charge in [-0.1, -0.05) is 17.7 Å². The van der Waals surface area contributed by atoms with Gasteiger partial charge in [0.05, 0.1) is 0 Å². The Morgan fingerprint density at radius 3 is 2.20 bits per heavy atom. The molecule has 0 aliphatic carbocycles. The third-order valence-corrected chi connectivity index (χ3v) is 1.12. The molecule has 52 valence electrons. The molecule has 0 N–H and O–H groups in total. The van der Waals surface area contributed by atoms with Gasteiger partial charge in [0.15, 0.2) is 0 Å². The van der Waals surface area contributed by atoms with Crippen LogP contribution >= 0.6 is 24.0 Å². The van der Waals surface area contributed by atoms with Gasteiger partial charge in [0.25, 0.3) is 0 Å². The number of hydrogen-bond acceptors (Lipinski definition) is 0. The van der Waals surface area contributed by atoms with Gasteiger partial charge in [0, 0.05) is 19.5 Å². The van der Waals surface area contributed by atoms with Gasteiger partial charge in [-0.25, -0.2) is 0 Å². The minimum atomic E-state index is 0. The third-order valence-electron chi connectivity index (χ3n) is 0.889. The molecular formula is C7H7Cl2Zn-. The standard InChI is InChI=1S/C7H6Cl.ClH.Zn/c1-6-3-2-4-7(8)5-6;;/h2-5H,1H2;1H;/q-1;;. The van der Waals surface area contributed by atoms with E-state index >= 15 is 0 Å².